The molecule has 0 bridgehead atoms. The Morgan fingerprint density at radius 1 is 0.721 bits per heavy atom. The largest absolute Gasteiger partial charge is 0.505 e. The summed E-state index contributed by atoms with van der Waals surface area (Å²) in [6.07, 6.45) is 0. The van der Waals surface area contributed by atoms with Crippen molar-refractivity contribution in [1.82, 2.24) is 15.0 Å². The van der Waals surface area contributed by atoms with E-state index < -0.39 is 62.2 Å². The second-order valence-electron chi connectivity index (χ2n) is 7.56. The number of halogens is 2. The number of azo groups is 1. The van der Waals surface area contributed by atoms with Gasteiger partial charge in [0.05, 0.1) is 10.6 Å². The van der Waals surface area contributed by atoms with Gasteiger partial charge in [0.2, 0.25) is 16.5 Å². The Hall–Kier alpha value is -0.560. The average Bonchev–Trinajstić information content (AvgIpc) is 2.80. The van der Waals surface area contributed by atoms with E-state index in [9.17, 15) is 44.0 Å². The Morgan fingerprint density at radius 3 is 1.81 bits per heavy atom. The van der Waals surface area contributed by atoms with Crippen molar-refractivity contribution < 1.29 is 44.0 Å². The van der Waals surface area contributed by atoms with Crippen molar-refractivity contribution in [3.8, 4) is 5.75 Å². The third-order valence-corrected chi connectivity index (χ3v) is 7.86. The number of rotatable bonds is 7. The molecule has 213 valence electrons. The maximum Gasteiger partial charge on any atom is 0.296 e. The maximum atomic E-state index is 12.2. The van der Waals surface area contributed by atoms with Crippen molar-refractivity contribution in [2.24, 2.45) is 10.2 Å². The van der Waals surface area contributed by atoms with Crippen LogP contribution in [0.2, 0.25) is 10.6 Å². The van der Waals surface area contributed by atoms with Crippen molar-refractivity contribution in [3.63, 3.8) is 0 Å². The Labute approximate surface area is 319 Å². The van der Waals surface area contributed by atoms with Crippen LogP contribution in [0.1, 0.15) is 0 Å². The zero-order valence-electron chi connectivity index (χ0n) is 22.0. The maximum absolute atomic E-state index is 12.2. The van der Waals surface area contributed by atoms with E-state index in [1.54, 1.807) is 0 Å². The fourth-order valence-electron chi connectivity index (χ4n) is 3.36. The molecule has 0 aliphatic rings. The van der Waals surface area contributed by atoms with Crippen LogP contribution in [0.5, 0.6) is 5.75 Å². The van der Waals surface area contributed by atoms with E-state index >= 15 is 0 Å². The number of phenolic OH excluding ortho intramolecular Hbond substituents is 1. The number of aromatic hydroxyl groups is 1. The topological polar surface area (TPSA) is 259 Å². The van der Waals surface area contributed by atoms with E-state index in [0.29, 0.717) is 6.07 Å². The third kappa shape index (κ3) is 9.72. The number of fused-ring (bicyclic) bond motifs is 1. The molecule has 0 unspecified atom stereocenters. The standard InChI is InChI=1S/C19H12Cl2N6O10S3.3Na/c20-17-23-18(21)25-19(24-17)22-11-7-9(38(29,30)31)5-8-6-13(40(35,36)37)15(16(28)14(8)11)27-26-10-3-1-2-4-12(10)39(32,33)34;;;/h1-7,28H,(H,29,30,31)(H,32,33,34)(H,35,36,37)(H,22,23,24,25);;;. The summed E-state index contributed by atoms with van der Waals surface area (Å²) in [5.41, 5.74) is -1.76. The van der Waals surface area contributed by atoms with Gasteiger partial charge in [0, 0.05) is 94.1 Å². The summed E-state index contributed by atoms with van der Waals surface area (Å²) in [6, 6.07) is 6.91. The van der Waals surface area contributed by atoms with Crippen LogP contribution >= 0.6 is 23.2 Å². The van der Waals surface area contributed by atoms with Gasteiger partial charge in [0.25, 0.3) is 30.4 Å². The van der Waals surface area contributed by atoms with Crippen molar-refractivity contribution in [1.29, 1.82) is 0 Å². The van der Waals surface area contributed by atoms with Gasteiger partial charge in [-0.05, 0) is 58.9 Å². The van der Waals surface area contributed by atoms with Gasteiger partial charge >= 0.3 is 0 Å². The number of hydrogen-bond donors (Lipinski definition) is 5. The van der Waals surface area contributed by atoms with Gasteiger partial charge in [0.15, 0.2) is 5.75 Å². The average molecular weight is 720 g/mol. The van der Waals surface area contributed by atoms with E-state index in [0.717, 1.165) is 24.3 Å². The predicted octanol–water partition coefficient (Wildman–Crippen LogP) is 2.79. The van der Waals surface area contributed by atoms with Crippen molar-refractivity contribution in [2.45, 2.75) is 14.7 Å². The first-order chi connectivity index (χ1) is 18.4. The molecule has 5 N–H and O–H groups in total. The number of benzene rings is 3. The summed E-state index contributed by atoms with van der Waals surface area (Å²) >= 11 is 11.5. The fraction of sp³-hybridized carbons (Fsp3) is 0. The molecule has 0 aliphatic heterocycles. The molecule has 16 nitrogen and oxygen atoms in total. The van der Waals surface area contributed by atoms with E-state index in [-0.39, 0.29) is 122 Å². The molecule has 4 aromatic rings. The zero-order chi connectivity index (χ0) is 29.6. The van der Waals surface area contributed by atoms with Gasteiger partial charge in [-0.1, -0.05) is 12.1 Å². The molecule has 1 heterocycles. The summed E-state index contributed by atoms with van der Waals surface area (Å²) < 4.78 is 100. The van der Waals surface area contributed by atoms with Gasteiger partial charge in [-0.25, -0.2) is 0 Å². The molecule has 0 amide bonds. The molecular weight excluding hydrogens is 708 g/mol. The third-order valence-electron chi connectivity index (χ3n) is 4.93. The second kappa shape index (κ2) is 15.4. The summed E-state index contributed by atoms with van der Waals surface area (Å²) in [6.45, 7) is 0. The second-order valence-corrected chi connectivity index (χ2v) is 12.4. The number of nitrogens with one attached hydrogen (secondary N) is 1. The smallest absolute Gasteiger partial charge is 0.296 e. The number of nitrogens with zero attached hydrogens (tertiary/aromatic N) is 5. The first-order valence-electron chi connectivity index (χ1n) is 10.1. The Balaban J connectivity index is 0.00000308. The van der Waals surface area contributed by atoms with Crippen molar-refractivity contribution in [3.05, 3.63) is 53.0 Å². The van der Waals surface area contributed by atoms with Crippen LogP contribution in [0.15, 0.2) is 67.4 Å². The van der Waals surface area contributed by atoms with Crippen LogP contribution in [0, 0.1) is 0 Å². The van der Waals surface area contributed by atoms with Gasteiger partial charge < -0.3 is 10.4 Å². The van der Waals surface area contributed by atoms with Crippen LogP contribution in [-0.2, 0) is 30.4 Å². The number of hydrogen-bond acceptors (Lipinski definition) is 13. The number of aromatic nitrogens is 3. The molecule has 0 fully saturated rings. The zero-order valence-corrected chi connectivity index (χ0v) is 32.0. The van der Waals surface area contributed by atoms with Crippen LogP contribution in [-0.4, -0.2) is 148 Å². The SMILES string of the molecule is O=S(=O)(O)c1cc(Nc2nc(Cl)nc(Cl)n2)c2c(O)c(N=Nc3ccccc3S(=O)(=O)O)c(S(=O)(=O)O)cc2c1.[Na].[Na].[Na]. The minimum absolute atomic E-state index is 0. The Bertz CT molecular complexity index is 2050. The minimum atomic E-state index is -5.20. The van der Waals surface area contributed by atoms with E-state index in [4.69, 9.17) is 23.2 Å². The molecule has 3 radical (unpaired) electrons. The molecule has 0 spiro atoms. The van der Waals surface area contributed by atoms with Gasteiger partial charge in [-0.2, -0.15) is 40.2 Å². The van der Waals surface area contributed by atoms with Gasteiger partial charge in [0.1, 0.15) is 21.2 Å². The van der Waals surface area contributed by atoms with Crippen LogP contribution in [0.4, 0.5) is 23.0 Å². The normalized spacial score (nSPS) is 11.8. The van der Waals surface area contributed by atoms with Crippen LogP contribution in [0.25, 0.3) is 10.8 Å². The molecule has 3 aromatic carbocycles. The molecule has 0 aliphatic carbocycles. The Kier molecular flexibility index (Phi) is 14.4. The molecular formula is C19H12Cl2N6Na3O10S3. The van der Waals surface area contributed by atoms with Gasteiger partial charge in [-0.15, -0.1) is 10.2 Å². The van der Waals surface area contributed by atoms with Crippen LogP contribution < -0.4 is 5.32 Å². The van der Waals surface area contributed by atoms with Crippen molar-refractivity contribution >= 4 is 176 Å². The molecule has 0 saturated heterocycles. The molecule has 0 atom stereocenters. The first-order valence-corrected chi connectivity index (χ1v) is 15.1. The number of phenols is 1. The summed E-state index contributed by atoms with van der Waals surface area (Å²) in [4.78, 5) is 8.44. The Morgan fingerprint density at radius 2 is 1.28 bits per heavy atom. The van der Waals surface area contributed by atoms with Gasteiger partial charge in [-0.3, -0.25) is 13.7 Å². The molecule has 1 aromatic heterocycles. The molecule has 0 saturated carbocycles. The number of anilines is 2. The summed E-state index contributed by atoms with van der Waals surface area (Å²) in [5.74, 6) is -1.39. The van der Waals surface area contributed by atoms with Crippen LogP contribution in [0.3, 0.4) is 0 Å². The predicted molar refractivity (Wildman–Crippen MR) is 156 cm³/mol. The first kappa shape index (κ1) is 40.5. The van der Waals surface area contributed by atoms with E-state index in [1.807, 2.05) is 0 Å². The fourth-order valence-corrected chi connectivity index (χ4v) is 5.55. The summed E-state index contributed by atoms with van der Waals surface area (Å²) in [5, 5.41) is 19.3. The molecule has 24 heteroatoms. The monoisotopic (exact) mass is 719 g/mol. The van der Waals surface area contributed by atoms with E-state index in [2.05, 4.69) is 30.5 Å². The molecule has 4 rings (SSSR count). The quantitative estimate of drug-likeness (QED) is 0.105. The molecule has 43 heavy (non-hydrogen) atoms. The minimum Gasteiger partial charge on any atom is -0.505 e. The summed E-state index contributed by atoms with van der Waals surface area (Å²) in [7, 11) is -14.9. The van der Waals surface area contributed by atoms with E-state index in [1.165, 1.54) is 12.1 Å². The van der Waals surface area contributed by atoms with Crippen molar-refractivity contribution in [2.75, 3.05) is 5.32 Å².